The molecule has 0 atom stereocenters. The van der Waals surface area contributed by atoms with E-state index in [0.29, 0.717) is 11.3 Å². The molecule has 0 bridgehead atoms. The molecule has 0 amide bonds. The number of aryl methyl sites for hydroxylation is 1. The molecule has 0 fully saturated rings. The summed E-state index contributed by atoms with van der Waals surface area (Å²) in [6, 6.07) is 6.30. The van der Waals surface area contributed by atoms with Crippen LogP contribution < -0.4 is 0 Å². The molecule has 1 aromatic carbocycles. The summed E-state index contributed by atoms with van der Waals surface area (Å²) in [6.07, 6.45) is 3.37. The van der Waals surface area contributed by atoms with Gasteiger partial charge in [-0.25, -0.2) is 4.79 Å². The molecule has 0 spiro atoms. The Morgan fingerprint density at radius 3 is 2.61 bits per heavy atom. The van der Waals surface area contributed by atoms with E-state index in [0.717, 1.165) is 5.56 Å². The number of carboxylic acids is 1. The molecule has 2 N–H and O–H groups in total. The molecule has 2 aromatic rings. The number of carbonyl (C=O) groups is 1. The van der Waals surface area contributed by atoms with Crippen molar-refractivity contribution in [2.24, 2.45) is 0 Å². The number of aromatic nitrogens is 1. The van der Waals surface area contributed by atoms with Crippen LogP contribution in [-0.4, -0.2) is 20.7 Å². The zero-order valence-corrected chi connectivity index (χ0v) is 9.58. The van der Waals surface area contributed by atoms with Crippen LogP contribution >= 0.6 is 0 Å². The lowest BCUT2D eigenvalue weighted by Crippen LogP contribution is -1.98. The monoisotopic (exact) mass is 242 g/mol. The molecule has 0 aliphatic carbocycles. The van der Waals surface area contributed by atoms with Gasteiger partial charge in [-0.2, -0.15) is 5.26 Å². The Bertz CT molecular complexity index is 665. The van der Waals surface area contributed by atoms with Crippen molar-refractivity contribution in [3.8, 4) is 17.5 Å². The zero-order chi connectivity index (χ0) is 13.3. The van der Waals surface area contributed by atoms with Gasteiger partial charge in [0, 0.05) is 24.1 Å². The van der Waals surface area contributed by atoms with Gasteiger partial charge in [0.15, 0.2) is 0 Å². The van der Waals surface area contributed by atoms with E-state index < -0.39 is 5.97 Å². The number of aromatic hydroxyl groups is 1. The second-order valence-corrected chi connectivity index (χ2v) is 3.88. The lowest BCUT2D eigenvalue weighted by Gasteiger charge is -2.05. The van der Waals surface area contributed by atoms with E-state index in [-0.39, 0.29) is 11.3 Å². The van der Waals surface area contributed by atoms with E-state index >= 15 is 0 Å². The number of benzene rings is 1. The predicted octanol–water partition coefficient (Wildman–Crippen LogP) is 2.06. The van der Waals surface area contributed by atoms with Gasteiger partial charge in [-0.15, -0.1) is 0 Å². The molecular weight excluding hydrogens is 232 g/mol. The first kappa shape index (κ1) is 11.7. The third-order valence-electron chi connectivity index (χ3n) is 2.66. The first-order valence-electron chi connectivity index (χ1n) is 5.18. The summed E-state index contributed by atoms with van der Waals surface area (Å²) in [6.45, 7) is 1.81. The van der Waals surface area contributed by atoms with Crippen LogP contribution in [0, 0.1) is 18.3 Å². The minimum atomic E-state index is -1.18. The third-order valence-corrected chi connectivity index (χ3v) is 2.66. The SMILES string of the molecule is Cc1cn(-c2ccc(C(=O)O)c(O)c2)cc1C#N. The number of phenols is 1. The van der Waals surface area contributed by atoms with Crippen molar-refractivity contribution >= 4 is 5.97 Å². The standard InChI is InChI=1S/C13H10N2O3/c1-8-6-15(7-9(8)5-14)10-2-3-11(13(17)18)12(16)4-10/h2-4,6-7,16H,1H3,(H,17,18). The van der Waals surface area contributed by atoms with Gasteiger partial charge in [-0.3, -0.25) is 0 Å². The summed E-state index contributed by atoms with van der Waals surface area (Å²) in [5, 5.41) is 27.3. The van der Waals surface area contributed by atoms with Crippen molar-refractivity contribution < 1.29 is 15.0 Å². The minimum Gasteiger partial charge on any atom is -0.507 e. The molecule has 0 radical (unpaired) electrons. The van der Waals surface area contributed by atoms with Crippen molar-refractivity contribution in [1.82, 2.24) is 4.57 Å². The number of carboxylic acid groups (broad SMARTS) is 1. The van der Waals surface area contributed by atoms with Gasteiger partial charge < -0.3 is 14.8 Å². The first-order chi connectivity index (χ1) is 8.52. The number of hydrogen-bond acceptors (Lipinski definition) is 3. The number of hydrogen-bond donors (Lipinski definition) is 2. The molecule has 5 heteroatoms. The quantitative estimate of drug-likeness (QED) is 0.843. The summed E-state index contributed by atoms with van der Waals surface area (Å²) >= 11 is 0. The maximum atomic E-state index is 10.8. The van der Waals surface area contributed by atoms with Gasteiger partial charge in [0.25, 0.3) is 0 Å². The molecule has 0 aliphatic heterocycles. The van der Waals surface area contributed by atoms with Crippen LogP contribution in [0.4, 0.5) is 0 Å². The van der Waals surface area contributed by atoms with Crippen molar-refractivity contribution in [3.63, 3.8) is 0 Å². The Balaban J connectivity index is 2.49. The second kappa shape index (κ2) is 4.26. The molecule has 5 nitrogen and oxygen atoms in total. The van der Waals surface area contributed by atoms with Gasteiger partial charge in [0.05, 0.1) is 5.56 Å². The van der Waals surface area contributed by atoms with E-state index in [4.69, 9.17) is 10.4 Å². The molecule has 1 heterocycles. The van der Waals surface area contributed by atoms with Crippen LogP contribution in [-0.2, 0) is 0 Å². The highest BCUT2D eigenvalue weighted by molar-refractivity contribution is 5.91. The number of nitriles is 1. The average molecular weight is 242 g/mol. The van der Waals surface area contributed by atoms with Gasteiger partial charge in [0.1, 0.15) is 17.4 Å². The maximum Gasteiger partial charge on any atom is 0.339 e. The van der Waals surface area contributed by atoms with Crippen molar-refractivity contribution in [2.45, 2.75) is 6.92 Å². The lowest BCUT2D eigenvalue weighted by molar-refractivity contribution is 0.0694. The number of nitrogens with zero attached hydrogens (tertiary/aromatic N) is 2. The van der Waals surface area contributed by atoms with Gasteiger partial charge in [-0.05, 0) is 24.6 Å². The molecule has 2 rings (SSSR count). The van der Waals surface area contributed by atoms with Gasteiger partial charge in [-0.1, -0.05) is 0 Å². The van der Waals surface area contributed by atoms with Gasteiger partial charge >= 0.3 is 5.97 Å². The Labute approximate surface area is 103 Å². The van der Waals surface area contributed by atoms with E-state index in [1.807, 2.05) is 0 Å². The summed E-state index contributed by atoms with van der Waals surface area (Å²) in [4.78, 5) is 10.8. The minimum absolute atomic E-state index is 0.150. The Morgan fingerprint density at radius 1 is 1.39 bits per heavy atom. The average Bonchev–Trinajstić information content (AvgIpc) is 2.70. The molecule has 90 valence electrons. The fourth-order valence-electron chi connectivity index (χ4n) is 1.68. The summed E-state index contributed by atoms with van der Waals surface area (Å²) in [5.41, 5.74) is 1.81. The molecule has 0 unspecified atom stereocenters. The first-order valence-corrected chi connectivity index (χ1v) is 5.18. The van der Waals surface area contributed by atoms with Crippen LogP contribution in [0.1, 0.15) is 21.5 Å². The Hall–Kier alpha value is -2.74. The van der Waals surface area contributed by atoms with E-state index in [2.05, 4.69) is 6.07 Å². The van der Waals surface area contributed by atoms with Crippen LogP contribution in [0.15, 0.2) is 30.6 Å². The van der Waals surface area contributed by atoms with Crippen LogP contribution in [0.5, 0.6) is 5.75 Å². The molecular formula is C13H10N2O3. The summed E-state index contributed by atoms with van der Waals surface area (Å²) < 4.78 is 1.67. The van der Waals surface area contributed by atoms with E-state index in [1.165, 1.54) is 12.1 Å². The topological polar surface area (TPSA) is 86.2 Å². The fraction of sp³-hybridized carbons (Fsp3) is 0.0769. The van der Waals surface area contributed by atoms with Gasteiger partial charge in [0.2, 0.25) is 0 Å². The van der Waals surface area contributed by atoms with Crippen LogP contribution in [0.3, 0.4) is 0 Å². The molecule has 1 aromatic heterocycles. The predicted molar refractivity (Wildman–Crippen MR) is 63.8 cm³/mol. The summed E-state index contributed by atoms with van der Waals surface area (Å²) in [7, 11) is 0. The summed E-state index contributed by atoms with van der Waals surface area (Å²) in [5.74, 6) is -1.48. The highest BCUT2D eigenvalue weighted by Crippen LogP contribution is 2.22. The zero-order valence-electron chi connectivity index (χ0n) is 9.58. The second-order valence-electron chi connectivity index (χ2n) is 3.88. The molecule has 0 aliphatic rings. The number of aromatic carboxylic acids is 1. The number of rotatable bonds is 2. The molecule has 0 saturated heterocycles. The Kier molecular flexibility index (Phi) is 2.78. The van der Waals surface area contributed by atoms with E-state index in [1.54, 1.807) is 30.0 Å². The van der Waals surface area contributed by atoms with Crippen LogP contribution in [0.2, 0.25) is 0 Å². The van der Waals surface area contributed by atoms with Crippen molar-refractivity contribution in [3.05, 3.63) is 47.3 Å². The van der Waals surface area contributed by atoms with Crippen molar-refractivity contribution in [2.75, 3.05) is 0 Å². The molecule has 0 saturated carbocycles. The normalized spacial score (nSPS) is 10.0. The smallest absolute Gasteiger partial charge is 0.339 e. The van der Waals surface area contributed by atoms with Crippen LogP contribution in [0.25, 0.3) is 5.69 Å². The molecule has 18 heavy (non-hydrogen) atoms. The third kappa shape index (κ3) is 1.92. The Morgan fingerprint density at radius 2 is 2.11 bits per heavy atom. The van der Waals surface area contributed by atoms with Crippen molar-refractivity contribution in [1.29, 1.82) is 5.26 Å². The highest BCUT2D eigenvalue weighted by atomic mass is 16.4. The maximum absolute atomic E-state index is 10.8. The van der Waals surface area contributed by atoms with E-state index in [9.17, 15) is 9.90 Å². The highest BCUT2D eigenvalue weighted by Gasteiger charge is 2.11. The largest absolute Gasteiger partial charge is 0.507 e. The fourth-order valence-corrected chi connectivity index (χ4v) is 1.68. The lowest BCUT2D eigenvalue weighted by atomic mass is 10.2.